The fourth-order valence-corrected chi connectivity index (χ4v) is 15.2. The zero-order chi connectivity index (χ0) is 77.6. The third kappa shape index (κ3) is 80.1. The summed E-state index contributed by atoms with van der Waals surface area (Å²) >= 11 is 0. The van der Waals surface area contributed by atoms with Gasteiger partial charge in [-0.3, -0.25) is 37.3 Å². The van der Waals surface area contributed by atoms with Crippen molar-refractivity contribution in [2.75, 3.05) is 39.6 Å². The van der Waals surface area contributed by atoms with Crippen molar-refractivity contribution in [3.05, 3.63) is 0 Å². The van der Waals surface area contributed by atoms with Crippen LogP contribution in [0.1, 0.15) is 471 Å². The van der Waals surface area contributed by atoms with Gasteiger partial charge in [0.25, 0.3) is 0 Å². The molecule has 0 fully saturated rings. The Morgan fingerprint density at radius 1 is 0.255 bits per heavy atom. The fourth-order valence-electron chi connectivity index (χ4n) is 13.6. The third-order valence-corrected chi connectivity index (χ3v) is 22.4. The lowest BCUT2D eigenvalue weighted by Crippen LogP contribution is -2.30. The van der Waals surface area contributed by atoms with Crippen LogP contribution in [0.25, 0.3) is 0 Å². The van der Waals surface area contributed by atoms with Gasteiger partial charge < -0.3 is 33.8 Å². The van der Waals surface area contributed by atoms with E-state index in [9.17, 15) is 43.2 Å². The number of aliphatic hydroxyl groups is 1. The van der Waals surface area contributed by atoms with Gasteiger partial charge in [-0.2, -0.15) is 0 Å². The highest BCUT2D eigenvalue weighted by Crippen LogP contribution is 2.45. The molecule has 0 aliphatic heterocycles. The Morgan fingerprint density at radius 3 is 0.642 bits per heavy atom. The van der Waals surface area contributed by atoms with Crippen molar-refractivity contribution in [3.8, 4) is 0 Å². The smallest absolute Gasteiger partial charge is 0.462 e. The van der Waals surface area contributed by atoms with Crippen LogP contribution >= 0.6 is 15.6 Å². The summed E-state index contributed by atoms with van der Waals surface area (Å²) in [4.78, 5) is 73.2. The molecule has 0 aliphatic rings. The van der Waals surface area contributed by atoms with Crippen molar-refractivity contribution in [2.24, 2.45) is 5.92 Å². The molecule has 0 aromatic carbocycles. The molecule has 2 unspecified atom stereocenters. The third-order valence-electron chi connectivity index (χ3n) is 20.5. The van der Waals surface area contributed by atoms with Crippen LogP contribution in [0.2, 0.25) is 0 Å². The lowest BCUT2D eigenvalue weighted by Gasteiger charge is -2.21. The summed E-state index contributed by atoms with van der Waals surface area (Å²) in [6.45, 7) is 7.34. The Labute approximate surface area is 651 Å². The summed E-state index contributed by atoms with van der Waals surface area (Å²) in [5, 5.41) is 10.7. The minimum absolute atomic E-state index is 0.106. The maximum absolute atomic E-state index is 13.2. The molecule has 17 nitrogen and oxygen atoms in total. The molecule has 0 amide bonds. The quantitative estimate of drug-likeness (QED) is 0.0222. The van der Waals surface area contributed by atoms with Gasteiger partial charge >= 0.3 is 39.5 Å². The fraction of sp³-hybridized carbons (Fsp3) is 0.954. The van der Waals surface area contributed by atoms with Crippen molar-refractivity contribution < 1.29 is 80.2 Å². The van der Waals surface area contributed by atoms with Gasteiger partial charge in [-0.1, -0.05) is 420 Å². The van der Waals surface area contributed by atoms with E-state index >= 15 is 0 Å². The molecule has 0 aromatic rings. The number of unbranched alkanes of at least 4 members (excludes halogenated alkanes) is 59. The first kappa shape index (κ1) is 104. The number of carbonyl (C=O) groups is 4. The van der Waals surface area contributed by atoms with Crippen molar-refractivity contribution in [1.29, 1.82) is 0 Å². The lowest BCUT2D eigenvalue weighted by atomic mass is 10.0. The first-order chi connectivity index (χ1) is 51.5. The molecule has 0 aliphatic carbocycles. The van der Waals surface area contributed by atoms with Crippen LogP contribution in [-0.4, -0.2) is 96.7 Å². The molecule has 0 heterocycles. The van der Waals surface area contributed by atoms with E-state index in [-0.39, 0.29) is 25.7 Å². The summed E-state index contributed by atoms with van der Waals surface area (Å²) in [5.74, 6) is -1.36. The molecule has 630 valence electrons. The minimum Gasteiger partial charge on any atom is -0.462 e. The van der Waals surface area contributed by atoms with Crippen molar-refractivity contribution in [1.82, 2.24) is 0 Å². The van der Waals surface area contributed by atoms with E-state index in [1.807, 2.05) is 0 Å². The predicted octanol–water partition coefficient (Wildman–Crippen LogP) is 26.8. The van der Waals surface area contributed by atoms with Crippen LogP contribution in [0, 0.1) is 5.92 Å². The number of phosphoric ester groups is 2. The highest BCUT2D eigenvalue weighted by molar-refractivity contribution is 7.47. The average Bonchev–Trinajstić information content (AvgIpc) is 0.963. The first-order valence-corrected chi connectivity index (χ1v) is 48.1. The Kier molecular flexibility index (Phi) is 78.2. The Hall–Kier alpha value is -1.94. The molecular weight excluding hydrogens is 1380 g/mol. The van der Waals surface area contributed by atoms with Gasteiger partial charge in [-0.05, 0) is 31.6 Å². The SMILES string of the molecule is CCCCCCCCCCCCCCCCCCCCCCCC(=O)OC[C@H](COP(=O)(O)OC[C@@H](O)COP(=O)(O)OC[C@@H](COC(=O)CCCCCCCCCCCCCC)OC(=O)CCCCCCCCCCCC(C)C)OC(=O)CCCCCCCCCCCCCCCCCCCCCCC. The van der Waals surface area contributed by atoms with Gasteiger partial charge in [-0.25, -0.2) is 9.13 Å². The number of hydrogen-bond acceptors (Lipinski definition) is 15. The van der Waals surface area contributed by atoms with Gasteiger partial charge in [0.1, 0.15) is 19.3 Å². The number of esters is 4. The standard InChI is InChI=1S/C87H170O17P2/c1-6-9-12-15-18-21-24-27-29-31-33-35-37-39-41-43-46-51-56-61-66-71-85(90)98-76-82(103-86(91)72-67-62-57-52-47-44-42-40-38-36-34-32-30-28-25-22-19-16-13-10-7-2)78-101-105(93,94)99-74-81(88)75-100-106(95,96)102-79-83(104-87(92)73-68-63-58-53-48-49-54-59-64-69-80(4)5)77-97-84(89)70-65-60-55-50-45-26-23-20-17-14-11-8-3/h80-83,88H,6-79H2,1-5H3,(H,93,94)(H,95,96)/t81-,82-,83-/m1/s1. The van der Waals surface area contributed by atoms with E-state index in [1.54, 1.807) is 0 Å². The number of ether oxygens (including phenoxy) is 4. The molecule has 0 aromatic heterocycles. The first-order valence-electron chi connectivity index (χ1n) is 45.1. The van der Waals surface area contributed by atoms with Gasteiger partial charge in [0.15, 0.2) is 12.2 Å². The largest absolute Gasteiger partial charge is 0.472 e. The van der Waals surface area contributed by atoms with E-state index in [1.165, 1.54) is 295 Å². The Balaban J connectivity index is 5.21. The maximum atomic E-state index is 13.2. The number of phosphoric acid groups is 2. The van der Waals surface area contributed by atoms with Gasteiger partial charge in [0.2, 0.25) is 0 Å². The summed E-state index contributed by atoms with van der Waals surface area (Å²) in [6, 6.07) is 0. The molecule has 0 radical (unpaired) electrons. The van der Waals surface area contributed by atoms with E-state index in [0.29, 0.717) is 25.7 Å². The normalized spacial score (nSPS) is 13.7. The number of aliphatic hydroxyl groups excluding tert-OH is 1. The second kappa shape index (κ2) is 79.7. The number of rotatable bonds is 87. The molecule has 19 heteroatoms. The molecular formula is C87H170O17P2. The number of carbonyl (C=O) groups excluding carboxylic acids is 4. The second-order valence-electron chi connectivity index (χ2n) is 31.8. The Morgan fingerprint density at radius 2 is 0.434 bits per heavy atom. The highest BCUT2D eigenvalue weighted by Gasteiger charge is 2.30. The van der Waals surface area contributed by atoms with E-state index in [4.69, 9.17) is 37.0 Å². The van der Waals surface area contributed by atoms with Gasteiger partial charge in [0.05, 0.1) is 26.4 Å². The molecule has 0 spiro atoms. The summed E-state index contributed by atoms with van der Waals surface area (Å²) in [7, 11) is -9.93. The van der Waals surface area contributed by atoms with Crippen molar-refractivity contribution >= 4 is 39.5 Å². The van der Waals surface area contributed by atoms with Crippen LogP contribution in [-0.2, 0) is 65.4 Å². The summed E-state index contributed by atoms with van der Waals surface area (Å²) in [5.41, 5.74) is 0. The number of hydrogen-bond donors (Lipinski definition) is 3. The van der Waals surface area contributed by atoms with Gasteiger partial charge in [-0.15, -0.1) is 0 Å². The average molecular weight is 1550 g/mol. The second-order valence-corrected chi connectivity index (χ2v) is 34.7. The molecule has 0 saturated heterocycles. The highest BCUT2D eigenvalue weighted by atomic mass is 31.2. The zero-order valence-electron chi connectivity index (χ0n) is 69.6. The topological polar surface area (TPSA) is 237 Å². The van der Waals surface area contributed by atoms with Crippen LogP contribution in [0.5, 0.6) is 0 Å². The predicted molar refractivity (Wildman–Crippen MR) is 437 cm³/mol. The lowest BCUT2D eigenvalue weighted by molar-refractivity contribution is -0.161. The minimum atomic E-state index is -4.97. The maximum Gasteiger partial charge on any atom is 0.472 e. The van der Waals surface area contributed by atoms with Crippen molar-refractivity contribution in [3.63, 3.8) is 0 Å². The monoisotopic (exact) mass is 1550 g/mol. The molecule has 106 heavy (non-hydrogen) atoms. The zero-order valence-corrected chi connectivity index (χ0v) is 71.4. The molecule has 0 rings (SSSR count). The molecule has 0 saturated carbocycles. The molecule has 0 bridgehead atoms. The summed E-state index contributed by atoms with van der Waals surface area (Å²) < 4.78 is 68.9. The van der Waals surface area contributed by atoms with Crippen molar-refractivity contribution in [2.45, 2.75) is 490 Å². The van der Waals surface area contributed by atoms with Gasteiger partial charge in [0, 0.05) is 25.7 Å². The van der Waals surface area contributed by atoms with Crippen LogP contribution in [0.3, 0.4) is 0 Å². The van der Waals surface area contributed by atoms with E-state index < -0.39 is 97.5 Å². The Bertz CT molecular complexity index is 2010. The molecule has 5 atom stereocenters. The van der Waals surface area contributed by atoms with Crippen LogP contribution in [0.15, 0.2) is 0 Å². The van der Waals surface area contributed by atoms with Crippen LogP contribution in [0.4, 0.5) is 0 Å². The molecule has 3 N–H and O–H groups in total. The van der Waals surface area contributed by atoms with E-state index in [2.05, 4.69) is 34.6 Å². The van der Waals surface area contributed by atoms with E-state index in [0.717, 1.165) is 95.8 Å². The summed E-state index contributed by atoms with van der Waals surface area (Å²) in [6.07, 6.45) is 73.8. The van der Waals surface area contributed by atoms with Crippen LogP contribution < -0.4 is 0 Å².